The maximum Gasteiger partial charge on any atom is 0.220 e. The van der Waals surface area contributed by atoms with Gasteiger partial charge in [0.05, 0.1) is 17.9 Å². The van der Waals surface area contributed by atoms with Crippen molar-refractivity contribution < 1.29 is 4.79 Å². The standard InChI is InChI=1S/C21H25N3O/c1-2-20(25)23-19-14-21(18-8-4-3-7-17(18)19)9-12-24(13-10-21)16-6-5-11-22-15-16/h3-8,11,15,19H,2,9-10,12-14H2,1H3,(H,23,25). The van der Waals surface area contributed by atoms with Gasteiger partial charge in [-0.05, 0) is 42.5 Å². The van der Waals surface area contributed by atoms with Gasteiger partial charge in [-0.25, -0.2) is 0 Å². The fraction of sp³-hybridized carbons (Fsp3) is 0.429. The summed E-state index contributed by atoms with van der Waals surface area (Å²) in [5.41, 5.74) is 4.17. The third kappa shape index (κ3) is 2.90. The third-order valence-corrected chi connectivity index (χ3v) is 5.89. The molecular formula is C21H25N3O. The maximum atomic E-state index is 12.0. The van der Waals surface area contributed by atoms with Crippen LogP contribution in [0.15, 0.2) is 48.8 Å². The van der Waals surface area contributed by atoms with Crippen molar-refractivity contribution in [1.82, 2.24) is 10.3 Å². The van der Waals surface area contributed by atoms with Crippen molar-refractivity contribution in [2.24, 2.45) is 0 Å². The van der Waals surface area contributed by atoms with Crippen molar-refractivity contribution in [2.75, 3.05) is 18.0 Å². The minimum atomic E-state index is 0.143. The van der Waals surface area contributed by atoms with Crippen LogP contribution in [-0.2, 0) is 10.2 Å². The van der Waals surface area contributed by atoms with E-state index in [-0.39, 0.29) is 17.4 Å². The fourth-order valence-corrected chi connectivity index (χ4v) is 4.53. The quantitative estimate of drug-likeness (QED) is 0.932. The number of anilines is 1. The topological polar surface area (TPSA) is 45.2 Å². The molecule has 1 saturated heterocycles. The zero-order valence-corrected chi connectivity index (χ0v) is 14.7. The van der Waals surface area contributed by atoms with Crippen LogP contribution in [0.2, 0.25) is 0 Å². The van der Waals surface area contributed by atoms with Crippen LogP contribution < -0.4 is 10.2 Å². The van der Waals surface area contributed by atoms with Crippen molar-refractivity contribution >= 4 is 11.6 Å². The molecule has 1 atom stereocenters. The van der Waals surface area contributed by atoms with E-state index < -0.39 is 0 Å². The second-order valence-corrected chi connectivity index (χ2v) is 7.24. The molecule has 1 unspecified atom stereocenters. The van der Waals surface area contributed by atoms with Crippen LogP contribution in [0.1, 0.15) is 49.8 Å². The highest BCUT2D eigenvalue weighted by molar-refractivity contribution is 5.76. The van der Waals surface area contributed by atoms with E-state index in [0.717, 1.165) is 32.4 Å². The molecule has 2 aliphatic rings. The number of carbonyl (C=O) groups is 1. The Labute approximate surface area is 149 Å². The van der Waals surface area contributed by atoms with Gasteiger partial charge in [-0.15, -0.1) is 0 Å². The first-order chi connectivity index (χ1) is 12.2. The molecule has 4 rings (SSSR count). The summed E-state index contributed by atoms with van der Waals surface area (Å²) in [6, 6.07) is 13.0. The number of piperidine rings is 1. The number of hydrogen-bond acceptors (Lipinski definition) is 3. The van der Waals surface area contributed by atoms with Gasteiger partial charge in [0, 0.05) is 31.1 Å². The first-order valence-corrected chi connectivity index (χ1v) is 9.25. The van der Waals surface area contributed by atoms with Crippen LogP contribution in [0.3, 0.4) is 0 Å². The van der Waals surface area contributed by atoms with E-state index in [1.165, 1.54) is 16.8 Å². The summed E-state index contributed by atoms with van der Waals surface area (Å²) >= 11 is 0. The number of aromatic nitrogens is 1. The molecule has 130 valence electrons. The van der Waals surface area contributed by atoms with Gasteiger partial charge >= 0.3 is 0 Å². The van der Waals surface area contributed by atoms with E-state index in [1.54, 1.807) is 0 Å². The van der Waals surface area contributed by atoms with Gasteiger partial charge in [0.15, 0.2) is 0 Å². The zero-order valence-electron chi connectivity index (χ0n) is 14.7. The van der Waals surface area contributed by atoms with Crippen LogP contribution in [0, 0.1) is 0 Å². The van der Waals surface area contributed by atoms with Gasteiger partial charge in [0.25, 0.3) is 0 Å². The Morgan fingerprint density at radius 1 is 1.24 bits per heavy atom. The molecule has 1 aliphatic heterocycles. The van der Waals surface area contributed by atoms with Gasteiger partial charge in [-0.3, -0.25) is 9.78 Å². The number of benzene rings is 1. The highest BCUT2D eigenvalue weighted by atomic mass is 16.1. The predicted octanol–water partition coefficient (Wildman–Crippen LogP) is 3.59. The third-order valence-electron chi connectivity index (χ3n) is 5.89. The molecule has 4 heteroatoms. The van der Waals surface area contributed by atoms with Crippen molar-refractivity contribution in [1.29, 1.82) is 0 Å². The van der Waals surface area contributed by atoms with E-state index in [9.17, 15) is 4.79 Å². The molecule has 1 spiro atoms. The Morgan fingerprint density at radius 3 is 2.76 bits per heavy atom. The summed E-state index contributed by atoms with van der Waals surface area (Å²) in [6.07, 6.45) is 7.59. The number of pyridine rings is 1. The SMILES string of the molecule is CCC(=O)NC1CC2(CCN(c3cccnc3)CC2)c2ccccc21. The molecule has 0 bridgehead atoms. The zero-order chi connectivity index (χ0) is 17.3. The number of nitrogens with zero attached hydrogens (tertiary/aromatic N) is 2. The predicted molar refractivity (Wildman–Crippen MR) is 99.6 cm³/mol. The molecule has 2 heterocycles. The summed E-state index contributed by atoms with van der Waals surface area (Å²) < 4.78 is 0. The number of amides is 1. The molecule has 4 nitrogen and oxygen atoms in total. The molecule has 1 aromatic heterocycles. The molecule has 1 amide bonds. The van der Waals surface area contributed by atoms with Crippen molar-refractivity contribution in [2.45, 2.75) is 44.1 Å². The maximum absolute atomic E-state index is 12.0. The van der Waals surface area contributed by atoms with Gasteiger partial charge in [-0.2, -0.15) is 0 Å². The molecule has 1 aliphatic carbocycles. The fourth-order valence-electron chi connectivity index (χ4n) is 4.53. The molecule has 1 aromatic carbocycles. The lowest BCUT2D eigenvalue weighted by atomic mass is 9.73. The summed E-state index contributed by atoms with van der Waals surface area (Å²) in [4.78, 5) is 18.6. The average molecular weight is 335 g/mol. The Morgan fingerprint density at radius 2 is 2.04 bits per heavy atom. The van der Waals surface area contributed by atoms with E-state index in [4.69, 9.17) is 0 Å². The number of fused-ring (bicyclic) bond motifs is 2. The van der Waals surface area contributed by atoms with Crippen molar-refractivity contribution in [3.8, 4) is 0 Å². The Kier molecular flexibility index (Phi) is 4.20. The van der Waals surface area contributed by atoms with Crippen LogP contribution in [0.5, 0.6) is 0 Å². The summed E-state index contributed by atoms with van der Waals surface area (Å²) in [6.45, 7) is 3.99. The van der Waals surface area contributed by atoms with E-state index in [1.807, 2.05) is 25.4 Å². The Hall–Kier alpha value is -2.36. The van der Waals surface area contributed by atoms with E-state index >= 15 is 0 Å². The summed E-state index contributed by atoms with van der Waals surface area (Å²) in [5, 5.41) is 3.24. The van der Waals surface area contributed by atoms with E-state index in [0.29, 0.717) is 6.42 Å². The molecular weight excluding hydrogens is 310 g/mol. The van der Waals surface area contributed by atoms with Crippen molar-refractivity contribution in [3.63, 3.8) is 0 Å². The molecule has 0 radical (unpaired) electrons. The molecule has 0 saturated carbocycles. The first kappa shape index (κ1) is 16.1. The minimum Gasteiger partial charge on any atom is -0.370 e. The van der Waals surface area contributed by atoms with Gasteiger partial charge in [0.2, 0.25) is 5.91 Å². The van der Waals surface area contributed by atoms with Gasteiger partial charge < -0.3 is 10.2 Å². The number of nitrogens with one attached hydrogen (secondary N) is 1. The van der Waals surface area contributed by atoms with E-state index in [2.05, 4.69) is 45.5 Å². The van der Waals surface area contributed by atoms with Crippen LogP contribution in [-0.4, -0.2) is 24.0 Å². The lowest BCUT2D eigenvalue weighted by molar-refractivity contribution is -0.121. The second-order valence-electron chi connectivity index (χ2n) is 7.24. The second kappa shape index (κ2) is 6.51. The molecule has 1 fully saturated rings. The largest absolute Gasteiger partial charge is 0.370 e. The minimum absolute atomic E-state index is 0.143. The highest BCUT2D eigenvalue weighted by Gasteiger charge is 2.45. The smallest absolute Gasteiger partial charge is 0.220 e. The average Bonchev–Trinajstić information content (AvgIpc) is 2.96. The lowest BCUT2D eigenvalue weighted by Gasteiger charge is -2.41. The molecule has 25 heavy (non-hydrogen) atoms. The Balaban J connectivity index is 1.56. The van der Waals surface area contributed by atoms with Gasteiger partial charge in [-0.1, -0.05) is 31.2 Å². The molecule has 2 aromatic rings. The number of carbonyl (C=O) groups excluding carboxylic acids is 1. The normalized spacial score (nSPS) is 21.2. The van der Waals surface area contributed by atoms with Gasteiger partial charge in [0.1, 0.15) is 0 Å². The lowest BCUT2D eigenvalue weighted by Crippen LogP contribution is -2.42. The number of rotatable bonds is 3. The highest BCUT2D eigenvalue weighted by Crippen LogP contribution is 2.51. The first-order valence-electron chi connectivity index (χ1n) is 9.25. The Bertz CT molecular complexity index is 751. The van der Waals surface area contributed by atoms with Crippen LogP contribution in [0.4, 0.5) is 5.69 Å². The monoisotopic (exact) mass is 335 g/mol. The molecule has 1 N–H and O–H groups in total. The van der Waals surface area contributed by atoms with Crippen LogP contribution in [0.25, 0.3) is 0 Å². The van der Waals surface area contributed by atoms with Crippen molar-refractivity contribution in [3.05, 3.63) is 59.9 Å². The number of hydrogen-bond donors (Lipinski definition) is 1. The van der Waals surface area contributed by atoms with Crippen LogP contribution >= 0.6 is 0 Å². The summed E-state index contributed by atoms with van der Waals surface area (Å²) in [5.74, 6) is 0.143. The summed E-state index contributed by atoms with van der Waals surface area (Å²) in [7, 11) is 0.